The van der Waals surface area contributed by atoms with Crippen molar-refractivity contribution >= 4 is 5.91 Å². The molecule has 1 aromatic heterocycles. The summed E-state index contributed by atoms with van der Waals surface area (Å²) in [7, 11) is 0. The molecular formula is C19H25N3O3. The van der Waals surface area contributed by atoms with Crippen molar-refractivity contribution in [1.82, 2.24) is 15.1 Å². The van der Waals surface area contributed by atoms with E-state index >= 15 is 0 Å². The highest BCUT2D eigenvalue weighted by molar-refractivity contribution is 5.92. The van der Waals surface area contributed by atoms with Gasteiger partial charge in [0.1, 0.15) is 0 Å². The van der Waals surface area contributed by atoms with Crippen LogP contribution in [0.4, 0.5) is 0 Å². The molecule has 3 rings (SSSR count). The molecule has 1 aliphatic carbocycles. The van der Waals surface area contributed by atoms with Crippen LogP contribution in [0.3, 0.4) is 0 Å². The van der Waals surface area contributed by atoms with E-state index in [1.807, 2.05) is 38.1 Å². The summed E-state index contributed by atoms with van der Waals surface area (Å²) in [5, 5.41) is 17.0. The largest absolute Gasteiger partial charge is 0.389 e. The molecule has 1 atom stereocenters. The van der Waals surface area contributed by atoms with Crippen molar-refractivity contribution in [3.05, 3.63) is 47.3 Å². The van der Waals surface area contributed by atoms with Gasteiger partial charge < -0.3 is 15.2 Å². The number of hydrogen-bond acceptors (Lipinski definition) is 4. The first kappa shape index (κ1) is 17.6. The fraction of sp³-hybridized carbons (Fsp3) is 0.474. The van der Waals surface area contributed by atoms with Crippen molar-refractivity contribution in [2.75, 3.05) is 19.8 Å². The molecule has 0 aliphatic heterocycles. The Hall–Kier alpha value is -2.18. The summed E-state index contributed by atoms with van der Waals surface area (Å²) in [6.45, 7) is 5.03. The van der Waals surface area contributed by atoms with Crippen LogP contribution >= 0.6 is 0 Å². The second-order valence-corrected chi connectivity index (χ2v) is 6.76. The van der Waals surface area contributed by atoms with Crippen LogP contribution in [0.2, 0.25) is 0 Å². The highest BCUT2D eigenvalue weighted by atomic mass is 16.5. The highest BCUT2D eigenvalue weighted by Crippen LogP contribution is 2.28. The number of aromatic nitrogens is 2. The molecule has 6 nitrogen and oxygen atoms in total. The van der Waals surface area contributed by atoms with Gasteiger partial charge in [-0.1, -0.05) is 17.7 Å². The summed E-state index contributed by atoms with van der Waals surface area (Å²) in [6, 6.07) is 9.70. The van der Waals surface area contributed by atoms with E-state index in [1.165, 1.54) is 18.4 Å². The number of amides is 1. The molecule has 134 valence electrons. The Bertz CT molecular complexity index is 720. The summed E-state index contributed by atoms with van der Waals surface area (Å²) < 4.78 is 7.17. The predicted octanol–water partition coefficient (Wildman–Crippen LogP) is 2.01. The van der Waals surface area contributed by atoms with Crippen LogP contribution in [-0.4, -0.2) is 46.7 Å². The van der Waals surface area contributed by atoms with Crippen LogP contribution in [-0.2, 0) is 4.74 Å². The number of carbonyl (C=O) groups is 1. The third kappa shape index (κ3) is 4.90. The third-order valence-electron chi connectivity index (χ3n) is 4.26. The van der Waals surface area contributed by atoms with Gasteiger partial charge in [0.25, 0.3) is 5.91 Å². The van der Waals surface area contributed by atoms with Crippen LogP contribution in [0.25, 0.3) is 5.69 Å². The van der Waals surface area contributed by atoms with E-state index in [2.05, 4.69) is 10.4 Å². The molecule has 2 N–H and O–H groups in total. The SMILES string of the molecule is Cc1ccc(-n2nc(C(=O)NCC(O)COCC3CC3)cc2C)cc1. The van der Waals surface area contributed by atoms with Crippen LogP contribution in [0.15, 0.2) is 30.3 Å². The van der Waals surface area contributed by atoms with Crippen molar-refractivity contribution < 1.29 is 14.6 Å². The van der Waals surface area contributed by atoms with E-state index in [9.17, 15) is 9.90 Å². The Kier molecular flexibility index (Phi) is 5.50. The van der Waals surface area contributed by atoms with E-state index < -0.39 is 6.10 Å². The smallest absolute Gasteiger partial charge is 0.271 e. The Balaban J connectivity index is 1.53. The molecule has 0 radical (unpaired) electrons. The van der Waals surface area contributed by atoms with Gasteiger partial charge in [-0.2, -0.15) is 5.10 Å². The molecule has 1 fully saturated rings. The monoisotopic (exact) mass is 343 g/mol. The first-order valence-electron chi connectivity index (χ1n) is 8.70. The first-order chi connectivity index (χ1) is 12.0. The number of ether oxygens (including phenoxy) is 1. The fourth-order valence-corrected chi connectivity index (χ4v) is 2.55. The van der Waals surface area contributed by atoms with Gasteiger partial charge in [0.15, 0.2) is 5.69 Å². The second-order valence-electron chi connectivity index (χ2n) is 6.76. The minimum atomic E-state index is -0.706. The Labute approximate surface area is 147 Å². The number of benzene rings is 1. The quantitative estimate of drug-likeness (QED) is 0.769. The molecule has 1 unspecified atom stereocenters. The van der Waals surface area contributed by atoms with Gasteiger partial charge in [0.2, 0.25) is 0 Å². The van der Waals surface area contributed by atoms with Gasteiger partial charge in [-0.25, -0.2) is 4.68 Å². The molecule has 0 spiro atoms. The van der Waals surface area contributed by atoms with Crippen LogP contribution in [0, 0.1) is 19.8 Å². The lowest BCUT2D eigenvalue weighted by atomic mass is 10.2. The van der Waals surface area contributed by atoms with Crippen molar-refractivity contribution in [3.63, 3.8) is 0 Å². The number of carbonyl (C=O) groups excluding carboxylic acids is 1. The number of nitrogens with zero attached hydrogens (tertiary/aromatic N) is 2. The van der Waals surface area contributed by atoms with Crippen molar-refractivity contribution in [2.45, 2.75) is 32.8 Å². The Morgan fingerprint density at radius 2 is 2.08 bits per heavy atom. The second kappa shape index (κ2) is 7.80. The number of rotatable bonds is 8. The van der Waals surface area contributed by atoms with E-state index in [-0.39, 0.29) is 19.1 Å². The van der Waals surface area contributed by atoms with Gasteiger partial charge in [-0.15, -0.1) is 0 Å². The maximum atomic E-state index is 12.3. The average Bonchev–Trinajstić information content (AvgIpc) is 3.34. The fourth-order valence-electron chi connectivity index (χ4n) is 2.55. The summed E-state index contributed by atoms with van der Waals surface area (Å²) >= 11 is 0. The van der Waals surface area contributed by atoms with Gasteiger partial charge in [-0.05, 0) is 50.8 Å². The summed E-state index contributed by atoms with van der Waals surface area (Å²) in [5.74, 6) is 0.366. The molecule has 1 aliphatic rings. The van der Waals surface area contributed by atoms with Crippen LogP contribution in [0.1, 0.15) is 34.6 Å². The lowest BCUT2D eigenvalue weighted by Crippen LogP contribution is -2.35. The molecule has 6 heteroatoms. The standard InChI is InChI=1S/C19H25N3O3/c1-13-3-7-16(8-4-13)22-14(2)9-18(21-22)19(24)20-10-17(23)12-25-11-15-5-6-15/h3-4,7-9,15,17,23H,5-6,10-12H2,1-2H3,(H,20,24). The number of aliphatic hydroxyl groups is 1. The van der Waals surface area contributed by atoms with Gasteiger partial charge in [0.05, 0.1) is 18.4 Å². The molecule has 2 aromatic rings. The van der Waals surface area contributed by atoms with Crippen LogP contribution in [0.5, 0.6) is 0 Å². The average molecular weight is 343 g/mol. The number of aryl methyl sites for hydroxylation is 2. The summed E-state index contributed by atoms with van der Waals surface area (Å²) in [5.41, 5.74) is 3.30. The molecule has 1 amide bonds. The Morgan fingerprint density at radius 3 is 2.76 bits per heavy atom. The molecule has 25 heavy (non-hydrogen) atoms. The zero-order chi connectivity index (χ0) is 17.8. The Morgan fingerprint density at radius 1 is 1.36 bits per heavy atom. The molecule has 0 bridgehead atoms. The van der Waals surface area contributed by atoms with Crippen molar-refractivity contribution in [3.8, 4) is 5.69 Å². The number of aliphatic hydroxyl groups excluding tert-OH is 1. The third-order valence-corrected chi connectivity index (χ3v) is 4.26. The summed E-state index contributed by atoms with van der Waals surface area (Å²) in [6.07, 6.45) is 1.73. The minimum Gasteiger partial charge on any atom is -0.389 e. The highest BCUT2D eigenvalue weighted by Gasteiger charge is 2.21. The minimum absolute atomic E-state index is 0.153. The van der Waals surface area contributed by atoms with E-state index in [4.69, 9.17) is 4.74 Å². The van der Waals surface area contributed by atoms with Crippen molar-refractivity contribution in [2.24, 2.45) is 5.92 Å². The molecule has 1 heterocycles. The van der Waals surface area contributed by atoms with Gasteiger partial charge in [0, 0.05) is 18.8 Å². The maximum Gasteiger partial charge on any atom is 0.271 e. The van der Waals surface area contributed by atoms with E-state index in [1.54, 1.807) is 10.7 Å². The van der Waals surface area contributed by atoms with Gasteiger partial charge in [-0.3, -0.25) is 4.79 Å². The first-order valence-corrected chi connectivity index (χ1v) is 8.70. The molecule has 1 saturated carbocycles. The predicted molar refractivity (Wildman–Crippen MR) is 94.9 cm³/mol. The topological polar surface area (TPSA) is 76.4 Å². The van der Waals surface area contributed by atoms with Crippen molar-refractivity contribution in [1.29, 1.82) is 0 Å². The van der Waals surface area contributed by atoms with E-state index in [0.29, 0.717) is 18.2 Å². The lowest BCUT2D eigenvalue weighted by molar-refractivity contribution is 0.0320. The lowest BCUT2D eigenvalue weighted by Gasteiger charge is -2.11. The molecule has 0 saturated heterocycles. The zero-order valence-electron chi connectivity index (χ0n) is 14.7. The molecule has 1 aromatic carbocycles. The van der Waals surface area contributed by atoms with E-state index in [0.717, 1.165) is 11.4 Å². The zero-order valence-corrected chi connectivity index (χ0v) is 14.7. The van der Waals surface area contributed by atoms with Crippen LogP contribution < -0.4 is 5.32 Å². The van der Waals surface area contributed by atoms with Gasteiger partial charge >= 0.3 is 0 Å². The molecular weight excluding hydrogens is 318 g/mol. The maximum absolute atomic E-state index is 12.3. The normalized spacial score (nSPS) is 15.2. The summed E-state index contributed by atoms with van der Waals surface area (Å²) in [4.78, 5) is 12.3. The number of nitrogens with one attached hydrogen (secondary N) is 1. The number of hydrogen-bond donors (Lipinski definition) is 2.